The van der Waals surface area contributed by atoms with Crippen molar-refractivity contribution in [1.82, 2.24) is 4.98 Å². The molecule has 1 heterocycles. The topological polar surface area (TPSA) is 37.6 Å². The number of aliphatic imine (C=N–C) groups is 2. The quantitative estimate of drug-likeness (QED) is 0.286. The van der Waals surface area contributed by atoms with Gasteiger partial charge in [0.15, 0.2) is 0 Å². The Bertz CT molecular complexity index is 942. The number of hydrogen-bond donors (Lipinski definition) is 0. The van der Waals surface area contributed by atoms with Gasteiger partial charge < -0.3 is 6.42 Å². The monoisotopic (exact) mass is 489 g/mol. The molecule has 0 N–H and O–H groups in total. The fourth-order valence-corrected chi connectivity index (χ4v) is 4.58. The number of hydrogen-bond acceptors (Lipinski definition) is 3. The number of aromatic nitrogens is 1. The predicted octanol–water partition coefficient (Wildman–Crippen LogP) is 8.06. The minimum atomic E-state index is 0. The third-order valence-corrected chi connectivity index (χ3v) is 6.59. The molecule has 0 saturated heterocycles. The first-order valence-electron chi connectivity index (χ1n) is 12.3. The van der Waals surface area contributed by atoms with Crippen LogP contribution >= 0.6 is 0 Å². The fraction of sp³-hybridized carbons (Fsp3) is 0.517. The summed E-state index contributed by atoms with van der Waals surface area (Å²) in [5, 5.41) is 0. The normalized spacial score (nSPS) is 18.4. The zero-order valence-electron chi connectivity index (χ0n) is 21.4. The molecule has 0 amide bonds. The third kappa shape index (κ3) is 7.10. The maximum Gasteiger partial charge on any atom is 0.0849 e. The van der Waals surface area contributed by atoms with Gasteiger partial charge in [-0.25, -0.2) is 4.98 Å². The summed E-state index contributed by atoms with van der Waals surface area (Å²) in [5.74, 6) is 1.44. The zero-order valence-corrected chi connectivity index (χ0v) is 22.4. The van der Waals surface area contributed by atoms with E-state index in [2.05, 4.69) is 91.3 Å². The summed E-state index contributed by atoms with van der Waals surface area (Å²) in [5.41, 5.74) is 7.51. The second-order valence-corrected chi connectivity index (χ2v) is 9.84. The summed E-state index contributed by atoms with van der Waals surface area (Å²) >= 11 is 0. The molecular weight excluding hydrogens is 449 g/mol. The standard InChI is InChI=1S/C29H40N3.Co/c1-19(2)25-15-11-16-26(20(3)4)29(25)31-23(7)28-18-12-17-27(32-28)22(6)30-21(5)24-13-9-8-10-14-24;/h11-13,15-21,24H,8-10,14H2,1-7H3;/q-1;/t21-,24?;/m0./s1. The summed E-state index contributed by atoms with van der Waals surface area (Å²) in [6.45, 7) is 15.3. The molecule has 1 aromatic heterocycles. The molecule has 2 atom stereocenters. The van der Waals surface area contributed by atoms with Crippen LogP contribution in [0.1, 0.15) is 109 Å². The number of rotatable bonds is 7. The van der Waals surface area contributed by atoms with Crippen LogP contribution in [-0.2, 0) is 16.8 Å². The first-order valence-corrected chi connectivity index (χ1v) is 12.3. The van der Waals surface area contributed by atoms with E-state index in [1.54, 1.807) is 0 Å². The Kier molecular flexibility index (Phi) is 10.5. The second kappa shape index (κ2) is 12.6. The number of benzene rings is 1. The Hall–Kier alpha value is -1.78. The molecule has 1 unspecified atom stereocenters. The SMILES string of the molecule is CC(=Nc1c(C(C)C)cccc1C(C)C)c1cccc(C(C)=N[C@@H](C)C2[CH-]CCCC2)n1.[Co]. The van der Waals surface area contributed by atoms with Gasteiger partial charge in [0.2, 0.25) is 0 Å². The van der Waals surface area contributed by atoms with E-state index < -0.39 is 0 Å². The van der Waals surface area contributed by atoms with E-state index in [9.17, 15) is 0 Å². The molecule has 0 bridgehead atoms. The van der Waals surface area contributed by atoms with E-state index >= 15 is 0 Å². The van der Waals surface area contributed by atoms with Crippen LogP contribution in [0.2, 0.25) is 0 Å². The molecule has 3 nitrogen and oxygen atoms in total. The van der Waals surface area contributed by atoms with Crippen molar-refractivity contribution in [3.05, 3.63) is 65.3 Å². The summed E-state index contributed by atoms with van der Waals surface area (Å²) in [7, 11) is 0. The van der Waals surface area contributed by atoms with Crippen molar-refractivity contribution in [2.75, 3.05) is 0 Å². The number of pyridine rings is 1. The van der Waals surface area contributed by atoms with Gasteiger partial charge in [0.1, 0.15) is 0 Å². The van der Waals surface area contributed by atoms with Crippen LogP contribution in [0.25, 0.3) is 0 Å². The van der Waals surface area contributed by atoms with Crippen LogP contribution in [0.15, 0.2) is 46.4 Å². The average molecular weight is 490 g/mol. The molecule has 1 radical (unpaired) electrons. The predicted molar refractivity (Wildman–Crippen MR) is 139 cm³/mol. The molecule has 1 aliphatic carbocycles. The molecule has 1 aliphatic rings. The first kappa shape index (κ1) is 27.5. The first-order chi connectivity index (χ1) is 15.3. The Morgan fingerprint density at radius 2 is 1.45 bits per heavy atom. The van der Waals surface area contributed by atoms with Gasteiger partial charge in [0.25, 0.3) is 0 Å². The van der Waals surface area contributed by atoms with Crippen LogP contribution in [0, 0.1) is 12.3 Å². The van der Waals surface area contributed by atoms with E-state index in [0.29, 0.717) is 23.8 Å². The molecule has 1 aromatic carbocycles. The van der Waals surface area contributed by atoms with Crippen LogP contribution < -0.4 is 0 Å². The molecule has 181 valence electrons. The van der Waals surface area contributed by atoms with E-state index in [1.165, 1.54) is 36.8 Å². The maximum absolute atomic E-state index is 5.12. The smallest absolute Gasteiger partial charge is 0.0849 e. The van der Waals surface area contributed by atoms with E-state index in [0.717, 1.165) is 28.5 Å². The Labute approximate surface area is 211 Å². The van der Waals surface area contributed by atoms with Crippen molar-refractivity contribution < 1.29 is 16.8 Å². The van der Waals surface area contributed by atoms with Crippen LogP contribution in [0.5, 0.6) is 0 Å². The van der Waals surface area contributed by atoms with E-state index in [1.807, 2.05) is 0 Å². The summed E-state index contributed by atoms with van der Waals surface area (Å²) < 4.78 is 0. The van der Waals surface area contributed by atoms with Crippen molar-refractivity contribution >= 4 is 17.1 Å². The maximum atomic E-state index is 5.12. The van der Waals surface area contributed by atoms with Gasteiger partial charge in [-0.1, -0.05) is 71.2 Å². The zero-order chi connectivity index (χ0) is 23.3. The van der Waals surface area contributed by atoms with Gasteiger partial charge in [-0.3, -0.25) is 9.98 Å². The van der Waals surface area contributed by atoms with Crippen molar-refractivity contribution in [2.24, 2.45) is 15.9 Å². The minimum Gasteiger partial charge on any atom is -0.323 e. The van der Waals surface area contributed by atoms with Gasteiger partial charge >= 0.3 is 0 Å². The largest absolute Gasteiger partial charge is 0.323 e. The number of para-hydroxylation sites is 1. The Morgan fingerprint density at radius 1 is 0.879 bits per heavy atom. The molecule has 1 fully saturated rings. The van der Waals surface area contributed by atoms with Crippen molar-refractivity contribution in [1.29, 1.82) is 0 Å². The molecule has 0 spiro atoms. The van der Waals surface area contributed by atoms with Gasteiger partial charge in [-0.2, -0.15) is 6.42 Å². The van der Waals surface area contributed by atoms with Gasteiger partial charge in [0, 0.05) is 22.8 Å². The Morgan fingerprint density at radius 3 is 2.00 bits per heavy atom. The van der Waals surface area contributed by atoms with Crippen LogP contribution in [-0.4, -0.2) is 22.4 Å². The van der Waals surface area contributed by atoms with Crippen molar-refractivity contribution in [3.63, 3.8) is 0 Å². The van der Waals surface area contributed by atoms with Gasteiger partial charge in [-0.15, -0.1) is 5.92 Å². The van der Waals surface area contributed by atoms with Crippen molar-refractivity contribution in [2.45, 2.75) is 92.0 Å². The van der Waals surface area contributed by atoms with E-state index in [-0.39, 0.29) is 16.8 Å². The summed E-state index contributed by atoms with van der Waals surface area (Å²) in [6, 6.07) is 13.1. The molecule has 3 rings (SSSR count). The molecular formula is C29H40CoN3-. The number of nitrogens with zero attached hydrogens (tertiary/aromatic N) is 3. The molecule has 2 aromatic rings. The summed E-state index contributed by atoms with van der Waals surface area (Å²) in [6.07, 6.45) is 7.59. The average Bonchev–Trinajstić information content (AvgIpc) is 2.79. The molecule has 4 heteroatoms. The van der Waals surface area contributed by atoms with E-state index in [4.69, 9.17) is 15.0 Å². The second-order valence-electron chi connectivity index (χ2n) is 9.84. The van der Waals surface area contributed by atoms with Gasteiger partial charge in [-0.05, 0) is 55.9 Å². The van der Waals surface area contributed by atoms with Gasteiger partial charge in [0.05, 0.1) is 28.5 Å². The van der Waals surface area contributed by atoms with Crippen LogP contribution in [0.4, 0.5) is 5.69 Å². The fourth-order valence-electron chi connectivity index (χ4n) is 4.58. The molecule has 0 aliphatic heterocycles. The van der Waals surface area contributed by atoms with Crippen molar-refractivity contribution in [3.8, 4) is 0 Å². The van der Waals surface area contributed by atoms with Crippen LogP contribution in [0.3, 0.4) is 0 Å². The summed E-state index contributed by atoms with van der Waals surface area (Å²) in [4.78, 5) is 15.1. The minimum absolute atomic E-state index is 0. The third-order valence-electron chi connectivity index (χ3n) is 6.59. The molecule has 1 saturated carbocycles. The Balaban J connectivity index is 0.00000385. The molecule has 33 heavy (non-hydrogen) atoms.